The van der Waals surface area contributed by atoms with Crippen molar-refractivity contribution in [2.75, 3.05) is 18.1 Å². The minimum Gasteiger partial charge on any atom is -0.493 e. The smallest absolute Gasteiger partial charge is 0.456 e. The number of ether oxygens (including phenoxy) is 1. The maximum absolute atomic E-state index is 13.4. The summed E-state index contributed by atoms with van der Waals surface area (Å²) in [5.41, 5.74) is -0.951. The van der Waals surface area contributed by atoms with Gasteiger partial charge in [-0.1, -0.05) is 18.0 Å². The van der Waals surface area contributed by atoms with Gasteiger partial charge in [0.1, 0.15) is 17.0 Å². The lowest BCUT2D eigenvalue weighted by molar-refractivity contribution is -0.289. The van der Waals surface area contributed by atoms with Crippen LogP contribution in [0.1, 0.15) is 35.2 Å². The molecule has 1 aromatic carbocycles. The third-order valence-corrected chi connectivity index (χ3v) is 7.73. The Morgan fingerprint density at radius 3 is 2.39 bits per heavy atom. The molecule has 0 saturated carbocycles. The zero-order valence-electron chi connectivity index (χ0n) is 17.2. The van der Waals surface area contributed by atoms with E-state index in [2.05, 4.69) is 9.46 Å². The molecule has 0 spiro atoms. The third kappa shape index (κ3) is 5.24. The van der Waals surface area contributed by atoms with E-state index in [1.165, 1.54) is 7.05 Å². The highest BCUT2D eigenvalue weighted by molar-refractivity contribution is 7.93. The molecule has 182 valence electrons. The van der Waals surface area contributed by atoms with Gasteiger partial charge in [0.2, 0.25) is 11.7 Å². The molecule has 33 heavy (non-hydrogen) atoms. The van der Waals surface area contributed by atoms with Crippen LogP contribution in [0.5, 0.6) is 11.6 Å². The first-order chi connectivity index (χ1) is 15.3. The Labute approximate surface area is 190 Å². The monoisotopic (exact) mass is 515 g/mol. The Balaban J connectivity index is 2.09. The fourth-order valence-corrected chi connectivity index (χ4v) is 5.65. The van der Waals surface area contributed by atoms with Crippen molar-refractivity contribution < 1.29 is 40.8 Å². The Morgan fingerprint density at radius 2 is 1.85 bits per heavy atom. The Kier molecular flexibility index (Phi) is 6.94. The number of alkyl halides is 5. The van der Waals surface area contributed by atoms with E-state index in [9.17, 15) is 36.1 Å². The van der Waals surface area contributed by atoms with Crippen molar-refractivity contribution in [2.24, 2.45) is 11.4 Å². The molecule has 14 heteroatoms. The van der Waals surface area contributed by atoms with E-state index >= 15 is 0 Å². The molecule has 1 N–H and O–H groups in total. The zero-order chi connectivity index (χ0) is 24.6. The Bertz CT molecular complexity index is 1180. The molecule has 3 rings (SSSR count). The van der Waals surface area contributed by atoms with E-state index in [-0.39, 0.29) is 22.6 Å². The molecule has 1 aliphatic heterocycles. The molecule has 1 aliphatic rings. The lowest BCUT2D eigenvalue weighted by Crippen LogP contribution is -2.41. The minimum atomic E-state index is -5.85. The van der Waals surface area contributed by atoms with Crippen LogP contribution in [-0.4, -0.2) is 55.1 Å². The van der Waals surface area contributed by atoms with Gasteiger partial charge < -0.3 is 9.84 Å². The van der Waals surface area contributed by atoms with Gasteiger partial charge in [-0.25, -0.2) is 8.89 Å². The van der Waals surface area contributed by atoms with Crippen LogP contribution in [0.3, 0.4) is 0 Å². The van der Waals surface area contributed by atoms with E-state index in [0.717, 1.165) is 29.4 Å². The first-order valence-electron chi connectivity index (χ1n) is 9.64. The summed E-state index contributed by atoms with van der Waals surface area (Å²) in [6.07, 6.45) is -2.83. The van der Waals surface area contributed by atoms with Gasteiger partial charge in [-0.15, -0.1) is 0 Å². The van der Waals surface area contributed by atoms with Gasteiger partial charge in [0.25, 0.3) is 0 Å². The van der Waals surface area contributed by atoms with Crippen LogP contribution in [-0.2, 0) is 16.8 Å². The molecule has 0 radical (unpaired) electrons. The van der Waals surface area contributed by atoms with Gasteiger partial charge >= 0.3 is 12.1 Å². The summed E-state index contributed by atoms with van der Waals surface area (Å²) in [7, 11) is -1.53. The van der Waals surface area contributed by atoms with Crippen molar-refractivity contribution in [3.05, 3.63) is 34.5 Å². The van der Waals surface area contributed by atoms with Crippen molar-refractivity contribution in [1.29, 1.82) is 0 Å². The highest BCUT2D eigenvalue weighted by Crippen LogP contribution is 2.42. The number of rotatable bonds is 6. The summed E-state index contributed by atoms with van der Waals surface area (Å²) in [5, 5.41) is 13.3. The second-order valence-electron chi connectivity index (χ2n) is 7.43. The first-order valence-corrected chi connectivity index (χ1v) is 11.9. The number of halogens is 6. The highest BCUT2D eigenvalue weighted by Gasteiger charge is 2.58. The Hall–Kier alpha value is -2.41. The molecule has 0 atom stereocenters. The minimum absolute atomic E-state index is 0.170. The lowest BCUT2D eigenvalue weighted by Gasteiger charge is -2.21. The van der Waals surface area contributed by atoms with E-state index in [0.29, 0.717) is 12.8 Å². The SMILES string of the molecule is Cn1ncc(C(=O)c2ccc(OCC(F)(F)C(F)(F)F)c(N=S3(=O)CCCCC3)c2Cl)c1O. The summed E-state index contributed by atoms with van der Waals surface area (Å²) in [6.45, 7) is -2.06. The van der Waals surface area contributed by atoms with Crippen molar-refractivity contribution >= 4 is 32.8 Å². The molecule has 1 fully saturated rings. The number of benzene rings is 1. The second-order valence-corrected chi connectivity index (χ2v) is 10.4. The van der Waals surface area contributed by atoms with Crippen molar-refractivity contribution in [2.45, 2.75) is 31.4 Å². The number of nitrogens with zero attached hydrogens (tertiary/aromatic N) is 3. The number of aryl methyl sites for hydroxylation is 1. The zero-order valence-corrected chi connectivity index (χ0v) is 18.7. The van der Waals surface area contributed by atoms with Gasteiger partial charge in [-0.3, -0.25) is 4.79 Å². The highest BCUT2D eigenvalue weighted by atomic mass is 35.5. The number of aromatic nitrogens is 2. The van der Waals surface area contributed by atoms with Gasteiger partial charge in [-0.2, -0.15) is 31.4 Å². The van der Waals surface area contributed by atoms with E-state index < -0.39 is 56.6 Å². The normalized spacial score (nSPS) is 16.5. The average molecular weight is 516 g/mol. The third-order valence-electron chi connectivity index (χ3n) is 4.98. The molecule has 2 aromatic rings. The fraction of sp³-hybridized carbons (Fsp3) is 0.474. The van der Waals surface area contributed by atoms with E-state index in [4.69, 9.17) is 16.3 Å². The van der Waals surface area contributed by atoms with Crippen LogP contribution in [0.2, 0.25) is 5.02 Å². The number of hydrogen-bond donors (Lipinski definition) is 1. The second kappa shape index (κ2) is 9.09. The molecular weight excluding hydrogens is 497 g/mol. The van der Waals surface area contributed by atoms with Gasteiger partial charge in [-0.05, 0) is 25.0 Å². The van der Waals surface area contributed by atoms with Crippen LogP contribution >= 0.6 is 11.6 Å². The first kappa shape index (κ1) is 25.2. The largest absolute Gasteiger partial charge is 0.493 e. The van der Waals surface area contributed by atoms with Gasteiger partial charge in [0, 0.05) is 24.1 Å². The van der Waals surface area contributed by atoms with Crippen LogP contribution in [0, 0.1) is 0 Å². The van der Waals surface area contributed by atoms with Crippen LogP contribution in [0.4, 0.5) is 27.6 Å². The van der Waals surface area contributed by atoms with Crippen LogP contribution < -0.4 is 4.74 Å². The van der Waals surface area contributed by atoms with Gasteiger partial charge in [0.05, 0.1) is 20.9 Å². The lowest BCUT2D eigenvalue weighted by atomic mass is 10.0. The predicted molar refractivity (Wildman–Crippen MR) is 110 cm³/mol. The number of aromatic hydroxyl groups is 1. The molecule has 0 amide bonds. The maximum Gasteiger partial charge on any atom is 0.456 e. The maximum atomic E-state index is 13.4. The molecule has 0 aliphatic carbocycles. The standard InChI is InChI=1S/C19H19ClF5N3O4S/c1-28-17(30)12(9-26-28)16(29)11-5-6-13(32-10-18(21,22)19(23,24)25)15(14(11)20)27-33(31)7-3-2-4-8-33/h5-6,9,30H,2-4,7-8,10H2,1H3. The van der Waals surface area contributed by atoms with Gasteiger partial charge in [0.15, 0.2) is 6.61 Å². The summed E-state index contributed by atoms with van der Waals surface area (Å²) in [4.78, 5) is 12.9. The summed E-state index contributed by atoms with van der Waals surface area (Å²) in [5.74, 6) is -6.69. The van der Waals surface area contributed by atoms with Crippen LogP contribution in [0.25, 0.3) is 0 Å². The van der Waals surface area contributed by atoms with E-state index in [1.54, 1.807) is 0 Å². The fourth-order valence-electron chi connectivity index (χ4n) is 3.10. The van der Waals surface area contributed by atoms with Crippen molar-refractivity contribution in [3.63, 3.8) is 0 Å². The van der Waals surface area contributed by atoms with E-state index in [1.807, 2.05) is 0 Å². The van der Waals surface area contributed by atoms with Crippen LogP contribution in [0.15, 0.2) is 22.7 Å². The quantitative estimate of drug-likeness (QED) is 0.437. The number of carbonyl (C=O) groups excluding carboxylic acids is 1. The number of carbonyl (C=O) groups is 1. The molecule has 2 heterocycles. The molecule has 1 aromatic heterocycles. The van der Waals surface area contributed by atoms with Crippen molar-refractivity contribution in [1.82, 2.24) is 9.78 Å². The van der Waals surface area contributed by atoms with Crippen molar-refractivity contribution in [3.8, 4) is 11.6 Å². The summed E-state index contributed by atoms with van der Waals surface area (Å²) in [6, 6.07) is 1.98. The predicted octanol–water partition coefficient (Wildman–Crippen LogP) is 4.87. The molecule has 1 saturated heterocycles. The molecule has 7 nitrogen and oxygen atoms in total. The molecule has 0 unspecified atom stereocenters. The summed E-state index contributed by atoms with van der Waals surface area (Å²) >= 11 is 6.30. The number of ketones is 1. The number of hydrogen-bond acceptors (Lipinski definition) is 6. The molecular formula is C19H19ClF5N3O4S. The topological polar surface area (TPSA) is 93.8 Å². The summed E-state index contributed by atoms with van der Waals surface area (Å²) < 4.78 is 87.3. The molecule has 0 bridgehead atoms. The average Bonchev–Trinajstić information content (AvgIpc) is 3.06. The Morgan fingerprint density at radius 1 is 1.21 bits per heavy atom.